The lowest BCUT2D eigenvalue weighted by Gasteiger charge is -2.09. The Morgan fingerprint density at radius 1 is 1.38 bits per heavy atom. The monoisotopic (exact) mass is 306 g/mol. The van der Waals surface area contributed by atoms with Crippen LogP contribution < -0.4 is 5.32 Å². The SMILES string of the molecule is Cc1ccc(NC(=O)c2cc([N+](=O)[O-])cnc2Cl)c(C)n1. The molecule has 1 N–H and O–H groups in total. The molecule has 108 valence electrons. The predicted molar refractivity (Wildman–Crippen MR) is 77.6 cm³/mol. The van der Waals surface area contributed by atoms with Crippen molar-refractivity contribution in [2.45, 2.75) is 13.8 Å². The second-order valence-electron chi connectivity index (χ2n) is 4.33. The quantitative estimate of drug-likeness (QED) is 0.534. The first-order chi connectivity index (χ1) is 9.88. The maximum Gasteiger partial charge on any atom is 0.288 e. The lowest BCUT2D eigenvalue weighted by atomic mass is 10.2. The van der Waals surface area contributed by atoms with Gasteiger partial charge in [0.2, 0.25) is 0 Å². The molecule has 0 atom stereocenters. The van der Waals surface area contributed by atoms with Crippen molar-refractivity contribution in [3.63, 3.8) is 0 Å². The Bertz CT molecular complexity index is 733. The zero-order chi connectivity index (χ0) is 15.6. The van der Waals surface area contributed by atoms with Gasteiger partial charge in [0.05, 0.1) is 21.9 Å². The highest BCUT2D eigenvalue weighted by molar-refractivity contribution is 6.33. The number of aryl methyl sites for hydroxylation is 2. The smallest absolute Gasteiger partial charge is 0.288 e. The van der Waals surface area contributed by atoms with Crippen molar-refractivity contribution in [2.75, 3.05) is 5.32 Å². The molecular formula is C13H11ClN4O3. The van der Waals surface area contributed by atoms with E-state index >= 15 is 0 Å². The van der Waals surface area contributed by atoms with Crippen molar-refractivity contribution >= 4 is 28.9 Å². The third kappa shape index (κ3) is 3.32. The number of rotatable bonds is 3. The number of pyridine rings is 2. The zero-order valence-electron chi connectivity index (χ0n) is 11.3. The normalized spacial score (nSPS) is 10.2. The summed E-state index contributed by atoms with van der Waals surface area (Å²) in [5.41, 5.74) is 1.60. The van der Waals surface area contributed by atoms with Gasteiger partial charge in [-0.3, -0.25) is 19.9 Å². The molecule has 2 aromatic heterocycles. The van der Waals surface area contributed by atoms with E-state index in [0.717, 1.165) is 18.0 Å². The second-order valence-corrected chi connectivity index (χ2v) is 4.69. The summed E-state index contributed by atoms with van der Waals surface area (Å²) in [5, 5.41) is 13.2. The van der Waals surface area contributed by atoms with Gasteiger partial charge in [-0.25, -0.2) is 4.98 Å². The first kappa shape index (κ1) is 14.9. The Balaban J connectivity index is 2.32. The number of carbonyl (C=O) groups is 1. The highest BCUT2D eigenvalue weighted by Gasteiger charge is 2.18. The van der Waals surface area contributed by atoms with Gasteiger partial charge in [-0.15, -0.1) is 0 Å². The highest BCUT2D eigenvalue weighted by atomic mass is 35.5. The summed E-state index contributed by atoms with van der Waals surface area (Å²) in [6, 6.07) is 4.53. The summed E-state index contributed by atoms with van der Waals surface area (Å²) in [6.07, 6.45) is 0.998. The Hall–Kier alpha value is -2.54. The first-order valence-corrected chi connectivity index (χ1v) is 6.32. The van der Waals surface area contributed by atoms with Crippen LogP contribution in [0.2, 0.25) is 5.15 Å². The molecule has 0 aliphatic heterocycles. The number of aromatic nitrogens is 2. The molecule has 2 rings (SSSR count). The molecule has 0 radical (unpaired) electrons. The van der Waals surface area contributed by atoms with E-state index < -0.39 is 10.8 Å². The topological polar surface area (TPSA) is 98.0 Å². The van der Waals surface area contributed by atoms with Gasteiger partial charge < -0.3 is 5.32 Å². The maximum absolute atomic E-state index is 12.2. The molecule has 21 heavy (non-hydrogen) atoms. The number of nitrogens with zero attached hydrogens (tertiary/aromatic N) is 3. The third-order valence-corrected chi connectivity index (χ3v) is 3.05. The number of carbonyl (C=O) groups excluding carboxylic acids is 1. The van der Waals surface area contributed by atoms with Gasteiger partial charge in [0, 0.05) is 11.8 Å². The van der Waals surface area contributed by atoms with Crippen LogP contribution in [0, 0.1) is 24.0 Å². The maximum atomic E-state index is 12.2. The van der Waals surface area contributed by atoms with E-state index in [1.54, 1.807) is 19.1 Å². The number of hydrogen-bond acceptors (Lipinski definition) is 5. The van der Waals surface area contributed by atoms with Crippen molar-refractivity contribution in [3.05, 3.63) is 56.6 Å². The van der Waals surface area contributed by atoms with Crippen LogP contribution in [0.1, 0.15) is 21.7 Å². The summed E-state index contributed by atoms with van der Waals surface area (Å²) in [4.78, 5) is 30.1. The number of amides is 1. The van der Waals surface area contributed by atoms with Crippen LogP contribution >= 0.6 is 11.6 Å². The molecule has 0 aliphatic rings. The van der Waals surface area contributed by atoms with Crippen LogP contribution in [0.5, 0.6) is 0 Å². The van der Waals surface area contributed by atoms with Gasteiger partial charge in [0.15, 0.2) is 0 Å². The fourth-order valence-corrected chi connectivity index (χ4v) is 1.89. The van der Waals surface area contributed by atoms with E-state index in [2.05, 4.69) is 15.3 Å². The molecular weight excluding hydrogens is 296 g/mol. The summed E-state index contributed by atoms with van der Waals surface area (Å²) in [6.45, 7) is 3.58. The van der Waals surface area contributed by atoms with Crippen LogP contribution in [0.4, 0.5) is 11.4 Å². The van der Waals surface area contributed by atoms with Gasteiger partial charge in [-0.1, -0.05) is 11.6 Å². The van der Waals surface area contributed by atoms with E-state index in [1.807, 2.05) is 6.92 Å². The molecule has 0 bridgehead atoms. The van der Waals surface area contributed by atoms with Crippen molar-refractivity contribution in [1.29, 1.82) is 0 Å². The van der Waals surface area contributed by atoms with Crippen LogP contribution in [-0.4, -0.2) is 20.8 Å². The summed E-state index contributed by atoms with van der Waals surface area (Å²) in [5.74, 6) is -0.579. The van der Waals surface area contributed by atoms with Gasteiger partial charge in [0.1, 0.15) is 11.3 Å². The molecule has 2 heterocycles. The molecule has 0 saturated carbocycles. The van der Waals surface area contributed by atoms with Crippen molar-refractivity contribution in [1.82, 2.24) is 9.97 Å². The fraction of sp³-hybridized carbons (Fsp3) is 0.154. The number of nitrogens with one attached hydrogen (secondary N) is 1. The summed E-state index contributed by atoms with van der Waals surface area (Å²) >= 11 is 5.82. The molecule has 0 aromatic carbocycles. The zero-order valence-corrected chi connectivity index (χ0v) is 12.0. The largest absolute Gasteiger partial charge is 0.320 e. The minimum absolute atomic E-state index is 0.0640. The molecule has 1 amide bonds. The third-order valence-electron chi connectivity index (χ3n) is 2.75. The van der Waals surface area contributed by atoms with Gasteiger partial charge >= 0.3 is 0 Å². The highest BCUT2D eigenvalue weighted by Crippen LogP contribution is 2.21. The average Bonchev–Trinajstić information content (AvgIpc) is 2.42. The first-order valence-electron chi connectivity index (χ1n) is 5.94. The minimum Gasteiger partial charge on any atom is -0.320 e. The van der Waals surface area contributed by atoms with Gasteiger partial charge in [-0.2, -0.15) is 0 Å². The molecule has 8 heteroatoms. The Labute approximate surface area is 125 Å². The number of nitro groups is 1. The van der Waals surface area contributed by atoms with E-state index in [0.29, 0.717) is 11.4 Å². The van der Waals surface area contributed by atoms with Crippen LogP contribution in [0.25, 0.3) is 0 Å². The van der Waals surface area contributed by atoms with Gasteiger partial charge in [-0.05, 0) is 26.0 Å². The number of halogens is 1. The molecule has 2 aromatic rings. The fourth-order valence-electron chi connectivity index (χ4n) is 1.70. The van der Waals surface area contributed by atoms with E-state index in [1.165, 1.54) is 0 Å². The molecule has 0 saturated heterocycles. The molecule has 0 aliphatic carbocycles. The summed E-state index contributed by atoms with van der Waals surface area (Å²) < 4.78 is 0. The van der Waals surface area contributed by atoms with Crippen molar-refractivity contribution in [2.24, 2.45) is 0 Å². The molecule has 7 nitrogen and oxygen atoms in total. The van der Waals surface area contributed by atoms with E-state index in [-0.39, 0.29) is 16.4 Å². The predicted octanol–water partition coefficient (Wildman–Crippen LogP) is 2.91. The van der Waals surface area contributed by atoms with Crippen LogP contribution in [0.15, 0.2) is 24.4 Å². The lowest BCUT2D eigenvalue weighted by Crippen LogP contribution is -2.14. The lowest BCUT2D eigenvalue weighted by molar-refractivity contribution is -0.385. The Morgan fingerprint density at radius 3 is 2.71 bits per heavy atom. The minimum atomic E-state index is -0.640. The van der Waals surface area contributed by atoms with Crippen molar-refractivity contribution < 1.29 is 9.72 Å². The molecule has 0 spiro atoms. The summed E-state index contributed by atoms with van der Waals surface area (Å²) in [7, 11) is 0. The van der Waals surface area contributed by atoms with E-state index in [9.17, 15) is 14.9 Å². The average molecular weight is 307 g/mol. The van der Waals surface area contributed by atoms with Crippen molar-refractivity contribution in [3.8, 4) is 0 Å². The Morgan fingerprint density at radius 2 is 2.10 bits per heavy atom. The van der Waals surface area contributed by atoms with E-state index in [4.69, 9.17) is 11.6 Å². The van der Waals surface area contributed by atoms with Crippen LogP contribution in [-0.2, 0) is 0 Å². The number of hydrogen-bond donors (Lipinski definition) is 1. The van der Waals surface area contributed by atoms with Crippen LogP contribution in [0.3, 0.4) is 0 Å². The molecule has 0 fully saturated rings. The Kier molecular flexibility index (Phi) is 4.13. The number of anilines is 1. The van der Waals surface area contributed by atoms with Gasteiger partial charge in [0.25, 0.3) is 11.6 Å². The second kappa shape index (κ2) is 5.84. The molecule has 0 unspecified atom stereocenters. The standard InChI is InChI=1S/C13H11ClN4O3/c1-7-3-4-11(8(2)16-7)17-13(19)10-5-9(18(20)21)6-15-12(10)14/h3-6H,1-2H3,(H,17,19).